The number of nitrogens with two attached hydrogens (primary N) is 1. The van der Waals surface area contributed by atoms with Crippen LogP contribution in [-0.2, 0) is 0 Å². The molecule has 3 N–H and O–H groups in total. The second-order valence-electron chi connectivity index (χ2n) is 2.62. The molecule has 0 bridgehead atoms. The molecule has 0 aliphatic carbocycles. The van der Waals surface area contributed by atoms with Crippen LogP contribution in [0.4, 0.5) is 5.69 Å². The van der Waals surface area contributed by atoms with E-state index < -0.39 is 0 Å². The lowest BCUT2D eigenvalue weighted by Crippen LogP contribution is -1.86. The first-order valence-electron chi connectivity index (χ1n) is 3.60. The molecule has 0 atom stereocenters. The highest BCUT2D eigenvalue weighted by Crippen LogP contribution is 2.22. The number of fused-ring (bicyclic) bond motifs is 1. The molecule has 1 heterocycles. The van der Waals surface area contributed by atoms with Crippen molar-refractivity contribution in [1.82, 2.24) is 4.98 Å². The average molecular weight is 160 g/mol. The van der Waals surface area contributed by atoms with Crippen LogP contribution in [0.3, 0.4) is 0 Å². The first-order chi connectivity index (χ1) is 5.77. The smallest absolute Gasteiger partial charge is 0.141 e. The van der Waals surface area contributed by atoms with Gasteiger partial charge >= 0.3 is 0 Å². The van der Waals surface area contributed by atoms with Crippen LogP contribution in [0, 0.1) is 0 Å². The summed E-state index contributed by atoms with van der Waals surface area (Å²) in [4.78, 5) is 4.01. The molecule has 3 nitrogen and oxygen atoms in total. The minimum atomic E-state index is 0.188. The molecule has 2 rings (SSSR count). The normalized spacial score (nSPS) is 10.3. The van der Waals surface area contributed by atoms with Gasteiger partial charge in [-0.2, -0.15) is 0 Å². The zero-order chi connectivity index (χ0) is 8.55. The molecule has 2 aromatic rings. The van der Waals surface area contributed by atoms with E-state index in [-0.39, 0.29) is 5.75 Å². The van der Waals surface area contributed by atoms with Crippen LogP contribution in [0.1, 0.15) is 0 Å². The fraction of sp³-hybridized carbons (Fsp3) is 0. The highest BCUT2D eigenvalue weighted by atomic mass is 16.3. The summed E-state index contributed by atoms with van der Waals surface area (Å²) < 4.78 is 0. The van der Waals surface area contributed by atoms with Gasteiger partial charge in [0, 0.05) is 5.39 Å². The van der Waals surface area contributed by atoms with Gasteiger partial charge in [0.05, 0.1) is 11.9 Å². The van der Waals surface area contributed by atoms with Crippen molar-refractivity contribution in [2.75, 3.05) is 5.73 Å². The quantitative estimate of drug-likeness (QED) is 0.614. The fourth-order valence-corrected chi connectivity index (χ4v) is 1.16. The number of nitrogen functional groups attached to an aromatic ring is 1. The molecule has 60 valence electrons. The summed E-state index contributed by atoms with van der Waals surface area (Å²) in [6.45, 7) is 0. The Morgan fingerprint density at radius 2 is 2.17 bits per heavy atom. The monoisotopic (exact) mass is 160 g/mol. The van der Waals surface area contributed by atoms with Gasteiger partial charge in [-0.3, -0.25) is 4.98 Å². The number of aromatic nitrogens is 1. The van der Waals surface area contributed by atoms with Crippen molar-refractivity contribution in [3.63, 3.8) is 0 Å². The van der Waals surface area contributed by atoms with Crippen LogP contribution in [0.25, 0.3) is 10.9 Å². The van der Waals surface area contributed by atoms with E-state index in [1.807, 2.05) is 6.07 Å². The molecule has 0 saturated carbocycles. The number of phenolic OH excluding ortho intramolecular Hbond substituents is 1. The molecule has 0 radical (unpaired) electrons. The lowest BCUT2D eigenvalue weighted by Gasteiger charge is -1.99. The molecule has 1 aromatic carbocycles. The van der Waals surface area contributed by atoms with E-state index in [2.05, 4.69) is 4.98 Å². The summed E-state index contributed by atoms with van der Waals surface area (Å²) in [7, 11) is 0. The van der Waals surface area contributed by atoms with Gasteiger partial charge in [-0.1, -0.05) is 12.1 Å². The predicted molar refractivity (Wildman–Crippen MR) is 47.8 cm³/mol. The zero-order valence-corrected chi connectivity index (χ0v) is 6.36. The Kier molecular flexibility index (Phi) is 1.37. The van der Waals surface area contributed by atoms with Crippen LogP contribution in [-0.4, -0.2) is 10.1 Å². The van der Waals surface area contributed by atoms with Crippen LogP contribution >= 0.6 is 0 Å². The molecule has 0 aliphatic heterocycles. The van der Waals surface area contributed by atoms with Crippen molar-refractivity contribution in [1.29, 1.82) is 0 Å². The Hall–Kier alpha value is -1.77. The standard InChI is InChI=1S/C9H8N2O/c10-7-4-6-2-1-3-8(12)9(6)11-5-7/h1-5,12H,10H2. The maximum Gasteiger partial charge on any atom is 0.141 e. The minimum absolute atomic E-state index is 0.188. The third-order valence-corrected chi connectivity index (χ3v) is 1.71. The molecule has 0 aliphatic rings. The van der Waals surface area contributed by atoms with Gasteiger partial charge in [0.2, 0.25) is 0 Å². The first kappa shape index (κ1) is 6.91. The Morgan fingerprint density at radius 3 is 3.00 bits per heavy atom. The van der Waals surface area contributed by atoms with Gasteiger partial charge < -0.3 is 10.8 Å². The van der Waals surface area contributed by atoms with Crippen LogP contribution in [0.2, 0.25) is 0 Å². The molecule has 0 unspecified atom stereocenters. The number of anilines is 1. The SMILES string of the molecule is Nc1cnc2c(O)cccc2c1. The summed E-state index contributed by atoms with van der Waals surface area (Å²) in [5.41, 5.74) is 6.72. The van der Waals surface area contributed by atoms with Gasteiger partial charge in [0.25, 0.3) is 0 Å². The summed E-state index contributed by atoms with van der Waals surface area (Å²) >= 11 is 0. The van der Waals surface area contributed by atoms with Gasteiger partial charge in [-0.05, 0) is 12.1 Å². The number of phenols is 1. The van der Waals surface area contributed by atoms with E-state index in [0.717, 1.165) is 5.39 Å². The van der Waals surface area contributed by atoms with Crippen molar-refractivity contribution in [2.24, 2.45) is 0 Å². The molecule has 0 spiro atoms. The fourth-order valence-electron chi connectivity index (χ4n) is 1.16. The van der Waals surface area contributed by atoms with Gasteiger partial charge in [0.1, 0.15) is 11.3 Å². The lowest BCUT2D eigenvalue weighted by atomic mass is 10.2. The van der Waals surface area contributed by atoms with Gasteiger partial charge in [0.15, 0.2) is 0 Å². The van der Waals surface area contributed by atoms with E-state index >= 15 is 0 Å². The lowest BCUT2D eigenvalue weighted by molar-refractivity contribution is 0.480. The minimum Gasteiger partial charge on any atom is -0.506 e. The Morgan fingerprint density at radius 1 is 1.33 bits per heavy atom. The van der Waals surface area contributed by atoms with Crippen molar-refractivity contribution < 1.29 is 5.11 Å². The number of nitrogens with zero attached hydrogens (tertiary/aromatic N) is 1. The number of para-hydroxylation sites is 1. The van der Waals surface area contributed by atoms with Crippen molar-refractivity contribution in [3.05, 3.63) is 30.5 Å². The largest absolute Gasteiger partial charge is 0.506 e. The first-order valence-corrected chi connectivity index (χ1v) is 3.60. The highest BCUT2D eigenvalue weighted by Gasteiger charge is 1.98. The second-order valence-corrected chi connectivity index (χ2v) is 2.62. The van der Waals surface area contributed by atoms with Crippen LogP contribution in [0.15, 0.2) is 30.5 Å². The maximum absolute atomic E-state index is 9.36. The van der Waals surface area contributed by atoms with Gasteiger partial charge in [-0.15, -0.1) is 0 Å². The molecular formula is C9H8N2O. The number of rotatable bonds is 0. The molecule has 3 heteroatoms. The Bertz CT molecular complexity index is 426. The number of hydrogen-bond donors (Lipinski definition) is 2. The molecular weight excluding hydrogens is 152 g/mol. The van der Waals surface area contributed by atoms with Crippen molar-refractivity contribution in [2.45, 2.75) is 0 Å². The predicted octanol–water partition coefficient (Wildman–Crippen LogP) is 1.52. The van der Waals surface area contributed by atoms with E-state index in [1.54, 1.807) is 18.2 Å². The highest BCUT2D eigenvalue weighted by molar-refractivity contribution is 5.85. The average Bonchev–Trinajstić information content (AvgIpc) is 2.04. The van der Waals surface area contributed by atoms with E-state index in [9.17, 15) is 5.11 Å². The zero-order valence-electron chi connectivity index (χ0n) is 6.36. The third kappa shape index (κ3) is 0.955. The summed E-state index contributed by atoms with van der Waals surface area (Å²) in [5, 5.41) is 10.2. The third-order valence-electron chi connectivity index (χ3n) is 1.71. The molecule has 0 fully saturated rings. The van der Waals surface area contributed by atoms with E-state index in [1.165, 1.54) is 6.20 Å². The maximum atomic E-state index is 9.36. The number of hydrogen-bond acceptors (Lipinski definition) is 3. The van der Waals surface area contributed by atoms with E-state index in [0.29, 0.717) is 11.2 Å². The van der Waals surface area contributed by atoms with Crippen LogP contribution < -0.4 is 5.73 Å². The van der Waals surface area contributed by atoms with Crippen LogP contribution in [0.5, 0.6) is 5.75 Å². The van der Waals surface area contributed by atoms with Crippen molar-refractivity contribution in [3.8, 4) is 5.75 Å². The summed E-state index contributed by atoms with van der Waals surface area (Å²) in [5.74, 6) is 0.188. The Labute approximate surface area is 69.5 Å². The molecule has 12 heavy (non-hydrogen) atoms. The Balaban J connectivity index is 2.86. The van der Waals surface area contributed by atoms with E-state index in [4.69, 9.17) is 5.73 Å². The van der Waals surface area contributed by atoms with Gasteiger partial charge in [-0.25, -0.2) is 0 Å². The topological polar surface area (TPSA) is 59.1 Å². The number of benzene rings is 1. The molecule has 0 amide bonds. The molecule has 1 aromatic heterocycles. The summed E-state index contributed by atoms with van der Waals surface area (Å²) in [6.07, 6.45) is 1.53. The summed E-state index contributed by atoms with van der Waals surface area (Å²) in [6, 6.07) is 7.00. The molecule has 0 saturated heterocycles. The second kappa shape index (κ2) is 2.37. The number of pyridine rings is 1. The number of aromatic hydroxyl groups is 1. The van der Waals surface area contributed by atoms with Crippen molar-refractivity contribution >= 4 is 16.6 Å².